The van der Waals surface area contributed by atoms with Gasteiger partial charge >= 0.3 is 0 Å². The molecule has 242 valence electrons. The highest BCUT2D eigenvalue weighted by Gasteiger charge is 2.29. The summed E-state index contributed by atoms with van der Waals surface area (Å²) in [6.07, 6.45) is 3.46. The molecule has 2 heterocycles. The molecule has 1 unspecified atom stereocenters. The lowest BCUT2D eigenvalue weighted by Gasteiger charge is -2.23. The predicted octanol–water partition coefficient (Wildman–Crippen LogP) is 6.52. The second-order valence-corrected chi connectivity index (χ2v) is 19.3. The summed E-state index contributed by atoms with van der Waals surface area (Å²) in [4.78, 5) is 26.5. The second kappa shape index (κ2) is 15.3. The zero-order chi connectivity index (χ0) is 32.7. The SMILES string of the molecule is Cc1nn(COCC[Si](C)(C)C)c(C)c1-c1ccc(NC(=O)[C@H](CCCc2ccc(Br)cc2F)NC(=O)C2CC=NN2C)cc1. The number of aromatic nitrogens is 2. The summed E-state index contributed by atoms with van der Waals surface area (Å²) in [7, 11) is 0.570. The number of halogens is 2. The number of benzene rings is 2. The minimum Gasteiger partial charge on any atom is -0.360 e. The molecule has 3 aromatic rings. The summed E-state index contributed by atoms with van der Waals surface area (Å²) in [6.45, 7) is 12.2. The van der Waals surface area contributed by atoms with Gasteiger partial charge in [-0.1, -0.05) is 53.8 Å². The van der Waals surface area contributed by atoms with E-state index in [4.69, 9.17) is 9.84 Å². The van der Waals surface area contributed by atoms with Crippen molar-refractivity contribution in [2.45, 2.75) is 84.0 Å². The first kappa shape index (κ1) is 34.5. The van der Waals surface area contributed by atoms with Crippen molar-refractivity contribution >= 4 is 47.7 Å². The first-order chi connectivity index (χ1) is 21.3. The van der Waals surface area contributed by atoms with Gasteiger partial charge < -0.3 is 15.4 Å². The van der Waals surface area contributed by atoms with Gasteiger partial charge in [0.05, 0.1) is 5.69 Å². The molecule has 2 atom stereocenters. The van der Waals surface area contributed by atoms with E-state index in [0.29, 0.717) is 48.1 Å². The Morgan fingerprint density at radius 2 is 1.89 bits per heavy atom. The van der Waals surface area contributed by atoms with Gasteiger partial charge in [0.15, 0.2) is 0 Å². The van der Waals surface area contributed by atoms with Crippen LogP contribution in [0.1, 0.15) is 36.2 Å². The van der Waals surface area contributed by atoms with E-state index < -0.39 is 20.2 Å². The Morgan fingerprint density at radius 3 is 2.53 bits per heavy atom. The summed E-state index contributed by atoms with van der Waals surface area (Å²) in [5.41, 5.74) is 5.12. The van der Waals surface area contributed by atoms with Gasteiger partial charge in [-0.3, -0.25) is 14.6 Å². The van der Waals surface area contributed by atoms with Crippen LogP contribution >= 0.6 is 15.9 Å². The number of likely N-dealkylation sites (N-methyl/N-ethyl adjacent to an activating group) is 1. The quantitative estimate of drug-likeness (QED) is 0.148. The van der Waals surface area contributed by atoms with Gasteiger partial charge in [0.25, 0.3) is 0 Å². The van der Waals surface area contributed by atoms with Crippen LogP contribution in [0.15, 0.2) is 52.0 Å². The van der Waals surface area contributed by atoms with Gasteiger partial charge in [-0.05, 0) is 74.5 Å². The predicted molar refractivity (Wildman–Crippen MR) is 184 cm³/mol. The normalized spacial score (nSPS) is 15.4. The Bertz CT molecular complexity index is 1520. The first-order valence-electron chi connectivity index (χ1n) is 15.3. The molecule has 2 amide bonds. The number of hydrogen-bond acceptors (Lipinski definition) is 6. The molecular formula is C33H44BrFN6O3Si. The van der Waals surface area contributed by atoms with Gasteiger partial charge in [-0.25, -0.2) is 9.07 Å². The van der Waals surface area contributed by atoms with E-state index in [-0.39, 0.29) is 17.6 Å². The van der Waals surface area contributed by atoms with E-state index in [0.717, 1.165) is 35.2 Å². The van der Waals surface area contributed by atoms with Crippen molar-refractivity contribution in [3.63, 3.8) is 0 Å². The third-order valence-corrected chi connectivity index (χ3v) is 10.2. The third kappa shape index (κ3) is 9.57. The fraction of sp³-hybridized carbons (Fsp3) is 0.455. The van der Waals surface area contributed by atoms with Gasteiger partial charge in [-0.15, -0.1) is 0 Å². The van der Waals surface area contributed by atoms with E-state index in [1.165, 1.54) is 6.07 Å². The number of hydrogen-bond donors (Lipinski definition) is 2. The minimum absolute atomic E-state index is 0.271. The van der Waals surface area contributed by atoms with Gasteiger partial charge in [0.1, 0.15) is 24.6 Å². The highest BCUT2D eigenvalue weighted by atomic mass is 79.9. The summed E-state index contributed by atoms with van der Waals surface area (Å²) in [5, 5.41) is 16.3. The third-order valence-electron chi connectivity index (χ3n) is 7.97. The number of anilines is 1. The molecule has 2 N–H and O–H groups in total. The maximum absolute atomic E-state index is 14.4. The largest absolute Gasteiger partial charge is 0.360 e. The van der Waals surface area contributed by atoms with Crippen LogP contribution in [0.3, 0.4) is 0 Å². The molecule has 0 spiro atoms. The van der Waals surface area contributed by atoms with Crippen molar-refractivity contribution in [3.05, 3.63) is 69.7 Å². The van der Waals surface area contributed by atoms with E-state index >= 15 is 0 Å². The highest BCUT2D eigenvalue weighted by molar-refractivity contribution is 9.10. The molecule has 0 aliphatic carbocycles. The number of amides is 2. The van der Waals surface area contributed by atoms with Crippen LogP contribution in [0.2, 0.25) is 25.7 Å². The highest BCUT2D eigenvalue weighted by Crippen LogP contribution is 2.28. The summed E-state index contributed by atoms with van der Waals surface area (Å²) < 4.78 is 22.9. The molecule has 0 saturated heterocycles. The van der Waals surface area contributed by atoms with Crippen LogP contribution < -0.4 is 10.6 Å². The average Bonchev–Trinajstić information content (AvgIpc) is 3.53. The molecule has 0 saturated carbocycles. The fourth-order valence-electron chi connectivity index (χ4n) is 5.26. The maximum Gasteiger partial charge on any atom is 0.246 e. The molecular weight excluding hydrogens is 655 g/mol. The van der Waals surface area contributed by atoms with Gasteiger partial charge in [-0.2, -0.15) is 10.2 Å². The molecule has 9 nitrogen and oxygen atoms in total. The number of aryl methyl sites for hydroxylation is 2. The number of rotatable bonds is 14. The Balaban J connectivity index is 1.41. The Morgan fingerprint density at radius 1 is 1.16 bits per heavy atom. The molecule has 2 aromatic carbocycles. The Kier molecular flexibility index (Phi) is 11.7. The summed E-state index contributed by atoms with van der Waals surface area (Å²) >= 11 is 3.28. The molecule has 1 aromatic heterocycles. The zero-order valence-corrected chi connectivity index (χ0v) is 29.6. The van der Waals surface area contributed by atoms with Crippen molar-refractivity contribution in [2.75, 3.05) is 19.0 Å². The number of carbonyl (C=O) groups is 2. The second-order valence-electron chi connectivity index (χ2n) is 12.8. The van der Waals surface area contributed by atoms with Crippen molar-refractivity contribution in [1.29, 1.82) is 0 Å². The van der Waals surface area contributed by atoms with E-state index in [9.17, 15) is 14.0 Å². The summed E-state index contributed by atoms with van der Waals surface area (Å²) in [6, 6.07) is 12.4. The van der Waals surface area contributed by atoms with Crippen molar-refractivity contribution in [2.24, 2.45) is 5.10 Å². The van der Waals surface area contributed by atoms with Crippen molar-refractivity contribution in [3.8, 4) is 11.1 Å². The van der Waals surface area contributed by atoms with Crippen LogP contribution in [0.5, 0.6) is 0 Å². The van der Waals surface area contributed by atoms with Crippen LogP contribution in [0, 0.1) is 19.7 Å². The number of nitrogens with zero attached hydrogens (tertiary/aromatic N) is 4. The number of nitrogens with one attached hydrogen (secondary N) is 2. The van der Waals surface area contributed by atoms with E-state index in [1.54, 1.807) is 30.4 Å². The molecule has 45 heavy (non-hydrogen) atoms. The monoisotopic (exact) mass is 698 g/mol. The minimum atomic E-state index is -1.16. The molecule has 12 heteroatoms. The van der Waals surface area contributed by atoms with Crippen LogP contribution in [-0.2, 0) is 27.5 Å². The molecule has 0 bridgehead atoms. The molecule has 4 rings (SSSR count). The number of carbonyl (C=O) groups excluding carboxylic acids is 2. The summed E-state index contributed by atoms with van der Waals surface area (Å²) in [5.74, 6) is -0.901. The van der Waals surface area contributed by atoms with Crippen LogP contribution in [0.4, 0.5) is 10.1 Å². The van der Waals surface area contributed by atoms with Crippen molar-refractivity contribution < 1.29 is 18.7 Å². The zero-order valence-electron chi connectivity index (χ0n) is 27.0. The fourth-order valence-corrected chi connectivity index (χ4v) is 6.35. The van der Waals surface area contributed by atoms with Crippen LogP contribution in [-0.4, -0.2) is 66.6 Å². The van der Waals surface area contributed by atoms with E-state index in [1.807, 2.05) is 42.8 Å². The maximum atomic E-state index is 14.4. The lowest BCUT2D eigenvalue weighted by atomic mass is 10.0. The van der Waals surface area contributed by atoms with Crippen LogP contribution in [0.25, 0.3) is 11.1 Å². The standard InChI is InChI=1S/C33H44BrFN6O3Si/c1-22-31(23(2)41(39-22)21-44-18-19-45(4,5)6)25-11-14-27(15-12-25)37-32(42)29(38-33(43)30-16-17-36-40(30)3)9-7-8-24-10-13-26(34)20-28(24)35/h10-15,17,20,29-30H,7-9,16,18-19,21H2,1-6H3,(H,37,42)(H,38,43)/t29-,30?/m0/s1. The first-order valence-corrected chi connectivity index (χ1v) is 19.8. The number of hydrazone groups is 1. The Labute approximate surface area is 274 Å². The Hall–Kier alpha value is -3.35. The average molecular weight is 700 g/mol. The molecule has 0 radical (unpaired) electrons. The topological polar surface area (TPSA) is 101 Å². The molecule has 1 aliphatic rings. The van der Waals surface area contributed by atoms with Gasteiger partial charge in [0.2, 0.25) is 11.8 Å². The molecule has 0 fully saturated rings. The lowest BCUT2D eigenvalue weighted by Crippen LogP contribution is -2.50. The smallest absolute Gasteiger partial charge is 0.246 e. The molecule has 1 aliphatic heterocycles. The number of ether oxygens (including phenoxy) is 1. The van der Waals surface area contributed by atoms with Gasteiger partial charge in [0, 0.05) is 55.8 Å². The lowest BCUT2D eigenvalue weighted by molar-refractivity contribution is -0.129. The van der Waals surface area contributed by atoms with Crippen molar-refractivity contribution in [1.82, 2.24) is 20.1 Å². The van der Waals surface area contributed by atoms with E-state index in [2.05, 4.69) is 51.3 Å².